The molecule has 0 fully saturated rings. The molecule has 2 heterocycles. The molecule has 1 amide bonds. The van der Waals surface area contributed by atoms with Crippen molar-refractivity contribution in [2.75, 3.05) is 6.61 Å². The van der Waals surface area contributed by atoms with Gasteiger partial charge in [0.1, 0.15) is 11.9 Å². The Morgan fingerprint density at radius 2 is 2.11 bits per heavy atom. The molecule has 1 aromatic heterocycles. The Morgan fingerprint density at radius 3 is 2.93 bits per heavy atom. The van der Waals surface area contributed by atoms with Crippen LogP contribution in [0.15, 0.2) is 48.7 Å². The molecule has 6 nitrogen and oxygen atoms in total. The summed E-state index contributed by atoms with van der Waals surface area (Å²) in [6, 6.07) is 10.6. The lowest BCUT2D eigenvalue weighted by Gasteiger charge is -2.26. The molecule has 0 bridgehead atoms. The first-order valence-electron chi connectivity index (χ1n) is 9.01. The first-order valence-corrected chi connectivity index (χ1v) is 9.01. The van der Waals surface area contributed by atoms with Crippen LogP contribution in [0.4, 0.5) is 4.39 Å². The molecule has 1 aliphatic rings. The van der Waals surface area contributed by atoms with Gasteiger partial charge in [-0.25, -0.2) is 9.18 Å². The van der Waals surface area contributed by atoms with E-state index in [9.17, 15) is 19.1 Å². The molecule has 3 aromatic rings. The second-order valence-corrected chi connectivity index (χ2v) is 6.81. The Bertz CT molecular complexity index is 1050. The molecule has 2 atom stereocenters. The summed E-state index contributed by atoms with van der Waals surface area (Å²) in [7, 11) is 0. The third-order valence-electron chi connectivity index (χ3n) is 5.00. The number of rotatable bonds is 5. The van der Waals surface area contributed by atoms with Crippen molar-refractivity contribution < 1.29 is 23.8 Å². The molecule has 4 rings (SSSR count). The Balaban J connectivity index is 1.54. The van der Waals surface area contributed by atoms with Crippen LogP contribution in [0.25, 0.3) is 10.9 Å². The molecule has 3 N–H and O–H groups in total. The summed E-state index contributed by atoms with van der Waals surface area (Å²) in [5.74, 6) is -2.00. The van der Waals surface area contributed by atoms with Gasteiger partial charge < -0.3 is 20.1 Å². The fourth-order valence-corrected chi connectivity index (χ4v) is 3.61. The minimum Gasteiger partial charge on any atom is -0.480 e. The van der Waals surface area contributed by atoms with Gasteiger partial charge in [-0.2, -0.15) is 0 Å². The maximum absolute atomic E-state index is 13.4. The molecule has 144 valence electrons. The molecule has 0 saturated heterocycles. The van der Waals surface area contributed by atoms with Gasteiger partial charge in [0.2, 0.25) is 0 Å². The Morgan fingerprint density at radius 1 is 1.29 bits per heavy atom. The van der Waals surface area contributed by atoms with Crippen LogP contribution in [0, 0.1) is 5.82 Å². The van der Waals surface area contributed by atoms with Crippen molar-refractivity contribution in [3.05, 3.63) is 71.2 Å². The number of carboxylic acids is 1. The van der Waals surface area contributed by atoms with E-state index in [-0.39, 0.29) is 12.2 Å². The van der Waals surface area contributed by atoms with Crippen LogP contribution in [-0.2, 0) is 27.2 Å². The molecule has 0 radical (unpaired) electrons. The third kappa shape index (κ3) is 3.48. The minimum absolute atomic E-state index is 0.0705. The summed E-state index contributed by atoms with van der Waals surface area (Å²) in [5.41, 5.74) is 3.06. The van der Waals surface area contributed by atoms with Crippen molar-refractivity contribution >= 4 is 22.8 Å². The zero-order valence-electron chi connectivity index (χ0n) is 14.9. The fraction of sp³-hybridized carbons (Fsp3) is 0.238. The first-order chi connectivity index (χ1) is 13.5. The van der Waals surface area contributed by atoms with Crippen LogP contribution in [0.1, 0.15) is 22.8 Å². The molecule has 7 heteroatoms. The lowest BCUT2D eigenvalue weighted by Crippen LogP contribution is -2.45. The van der Waals surface area contributed by atoms with E-state index in [1.807, 2.05) is 24.3 Å². The molecule has 0 saturated carbocycles. The van der Waals surface area contributed by atoms with Crippen LogP contribution in [0.5, 0.6) is 0 Å². The van der Waals surface area contributed by atoms with Crippen molar-refractivity contribution in [3.63, 3.8) is 0 Å². The van der Waals surface area contributed by atoms with Gasteiger partial charge in [0, 0.05) is 23.5 Å². The number of fused-ring (bicyclic) bond motifs is 2. The topological polar surface area (TPSA) is 91.4 Å². The highest BCUT2D eigenvalue weighted by molar-refractivity contribution is 5.89. The largest absolute Gasteiger partial charge is 0.480 e. The summed E-state index contributed by atoms with van der Waals surface area (Å²) in [4.78, 5) is 27.4. The lowest BCUT2D eigenvalue weighted by molar-refractivity contribution is -0.144. The van der Waals surface area contributed by atoms with Crippen LogP contribution in [0.3, 0.4) is 0 Å². The molecule has 28 heavy (non-hydrogen) atoms. The number of hydrogen-bond donors (Lipinski definition) is 3. The van der Waals surface area contributed by atoms with Gasteiger partial charge in [-0.05, 0) is 41.3 Å². The van der Waals surface area contributed by atoms with Crippen molar-refractivity contribution in [2.45, 2.75) is 25.0 Å². The molecule has 2 aromatic carbocycles. The molecule has 0 spiro atoms. The summed E-state index contributed by atoms with van der Waals surface area (Å²) in [5, 5.41) is 12.9. The standard InChI is InChI=1S/C21H19FN2O4/c22-14-5-6-15-13(11-23-17(15)10-14)9-18(21(26)27)24-20(25)19-16-4-2-1-3-12(16)7-8-28-19/h1-6,10-11,18-19,23H,7-9H2,(H,24,25)(H,26,27)/t18-,19-/m0/s1. The predicted octanol–water partition coefficient (Wildman–Crippen LogP) is 2.73. The number of aliphatic carboxylic acids is 1. The number of carboxylic acid groups (broad SMARTS) is 1. The predicted molar refractivity (Wildman–Crippen MR) is 100 cm³/mol. The lowest BCUT2D eigenvalue weighted by atomic mass is 9.96. The third-order valence-corrected chi connectivity index (χ3v) is 5.00. The number of carbonyl (C=O) groups is 2. The first kappa shape index (κ1) is 18.2. The highest BCUT2D eigenvalue weighted by atomic mass is 19.1. The molecular weight excluding hydrogens is 363 g/mol. The van der Waals surface area contributed by atoms with E-state index in [1.165, 1.54) is 12.1 Å². The molecule has 0 unspecified atom stereocenters. The summed E-state index contributed by atoms with van der Waals surface area (Å²) < 4.78 is 19.0. The van der Waals surface area contributed by atoms with Crippen molar-refractivity contribution in [1.29, 1.82) is 0 Å². The van der Waals surface area contributed by atoms with E-state index < -0.39 is 24.0 Å². The van der Waals surface area contributed by atoms with Crippen molar-refractivity contribution in [3.8, 4) is 0 Å². The van der Waals surface area contributed by atoms with E-state index in [4.69, 9.17) is 4.74 Å². The van der Waals surface area contributed by atoms with E-state index in [1.54, 1.807) is 12.3 Å². The number of hydrogen-bond acceptors (Lipinski definition) is 3. The van der Waals surface area contributed by atoms with Crippen LogP contribution in [0.2, 0.25) is 0 Å². The molecule has 0 aliphatic carbocycles. The Kier molecular flexibility index (Phi) is 4.83. The number of aromatic amines is 1. The number of benzene rings is 2. The van der Waals surface area contributed by atoms with E-state index >= 15 is 0 Å². The highest BCUT2D eigenvalue weighted by Crippen LogP contribution is 2.27. The van der Waals surface area contributed by atoms with Crippen molar-refractivity contribution in [1.82, 2.24) is 10.3 Å². The second-order valence-electron chi connectivity index (χ2n) is 6.81. The smallest absolute Gasteiger partial charge is 0.326 e. The number of halogens is 1. The van der Waals surface area contributed by atoms with Crippen LogP contribution < -0.4 is 5.32 Å². The quantitative estimate of drug-likeness (QED) is 0.633. The Labute approximate surface area is 160 Å². The van der Waals surface area contributed by atoms with Gasteiger partial charge in [0.05, 0.1) is 6.61 Å². The summed E-state index contributed by atoms with van der Waals surface area (Å²) >= 11 is 0. The van der Waals surface area contributed by atoms with Gasteiger partial charge in [-0.3, -0.25) is 4.79 Å². The van der Waals surface area contributed by atoms with Crippen molar-refractivity contribution in [2.24, 2.45) is 0 Å². The fourth-order valence-electron chi connectivity index (χ4n) is 3.61. The van der Waals surface area contributed by atoms with E-state index in [2.05, 4.69) is 10.3 Å². The maximum atomic E-state index is 13.4. The minimum atomic E-state index is -1.14. The summed E-state index contributed by atoms with van der Waals surface area (Å²) in [6.45, 7) is 0.404. The SMILES string of the molecule is O=C(O)[C@H](Cc1c[nH]c2cc(F)ccc12)NC(=O)[C@H]1OCCc2ccccc21. The van der Waals surface area contributed by atoms with Gasteiger partial charge in [-0.1, -0.05) is 24.3 Å². The normalized spacial score (nSPS) is 17.1. The number of carbonyl (C=O) groups excluding carboxylic acids is 1. The number of ether oxygens (including phenoxy) is 1. The van der Waals surface area contributed by atoms with Gasteiger partial charge in [-0.15, -0.1) is 0 Å². The van der Waals surface area contributed by atoms with Crippen LogP contribution in [-0.4, -0.2) is 34.6 Å². The Hall–Kier alpha value is -3.19. The van der Waals surface area contributed by atoms with E-state index in [0.717, 1.165) is 16.5 Å². The number of aromatic nitrogens is 1. The maximum Gasteiger partial charge on any atom is 0.326 e. The average Bonchev–Trinajstić information content (AvgIpc) is 3.08. The molecule has 1 aliphatic heterocycles. The van der Waals surface area contributed by atoms with E-state index in [0.29, 0.717) is 24.1 Å². The number of nitrogens with one attached hydrogen (secondary N) is 2. The van der Waals surface area contributed by atoms with Gasteiger partial charge in [0.15, 0.2) is 6.10 Å². The number of amides is 1. The van der Waals surface area contributed by atoms with Gasteiger partial charge >= 0.3 is 5.97 Å². The van der Waals surface area contributed by atoms with Crippen LogP contribution >= 0.6 is 0 Å². The monoisotopic (exact) mass is 382 g/mol. The zero-order chi connectivity index (χ0) is 19.7. The number of H-pyrrole nitrogens is 1. The molecular formula is C21H19FN2O4. The van der Waals surface area contributed by atoms with Gasteiger partial charge in [0.25, 0.3) is 5.91 Å². The average molecular weight is 382 g/mol. The zero-order valence-corrected chi connectivity index (χ0v) is 14.9. The summed E-state index contributed by atoms with van der Waals surface area (Å²) in [6.07, 6.45) is 1.59. The highest BCUT2D eigenvalue weighted by Gasteiger charge is 2.31. The second kappa shape index (κ2) is 7.44.